The summed E-state index contributed by atoms with van der Waals surface area (Å²) in [6.45, 7) is 3.63. The SMILES string of the molecule is C[C@@H](NS(=O)(=O)c1ccc2c(c1)CCN2C(=O)N1CCCC1)C(=O)Nc1ccc2c(c1)OCO2. The molecule has 0 spiro atoms. The lowest BCUT2D eigenvalue weighted by Crippen LogP contribution is -2.41. The Morgan fingerprint density at radius 1 is 1.00 bits per heavy atom. The predicted octanol–water partition coefficient (Wildman–Crippen LogP) is 2.30. The van der Waals surface area contributed by atoms with Gasteiger partial charge in [0.15, 0.2) is 11.5 Å². The van der Waals surface area contributed by atoms with E-state index in [1.165, 1.54) is 13.0 Å². The number of nitrogens with one attached hydrogen (secondary N) is 2. The number of hydrogen-bond donors (Lipinski definition) is 2. The topological polar surface area (TPSA) is 117 Å². The number of hydrogen-bond acceptors (Lipinski definition) is 6. The molecular formula is C23H26N4O6S. The molecule has 0 bridgehead atoms. The van der Waals surface area contributed by atoms with Crippen LogP contribution in [0.2, 0.25) is 0 Å². The van der Waals surface area contributed by atoms with E-state index in [2.05, 4.69) is 10.0 Å². The molecule has 3 aliphatic heterocycles. The van der Waals surface area contributed by atoms with Gasteiger partial charge in [-0.2, -0.15) is 4.72 Å². The van der Waals surface area contributed by atoms with Gasteiger partial charge in [-0.15, -0.1) is 0 Å². The molecule has 0 radical (unpaired) electrons. The number of anilines is 2. The van der Waals surface area contributed by atoms with Gasteiger partial charge in [0, 0.05) is 37.1 Å². The van der Waals surface area contributed by atoms with Crippen LogP contribution in [-0.2, 0) is 21.2 Å². The molecule has 2 aromatic rings. The van der Waals surface area contributed by atoms with Gasteiger partial charge in [-0.3, -0.25) is 9.69 Å². The van der Waals surface area contributed by atoms with Gasteiger partial charge in [0.05, 0.1) is 10.9 Å². The summed E-state index contributed by atoms with van der Waals surface area (Å²) in [5, 5.41) is 2.68. The molecule has 1 fully saturated rings. The van der Waals surface area contributed by atoms with E-state index in [1.807, 2.05) is 4.90 Å². The molecule has 3 aliphatic rings. The van der Waals surface area contributed by atoms with Crippen LogP contribution in [0, 0.1) is 0 Å². The summed E-state index contributed by atoms with van der Waals surface area (Å²) in [5.74, 6) is 0.594. The van der Waals surface area contributed by atoms with Crippen molar-refractivity contribution in [1.29, 1.82) is 0 Å². The highest BCUT2D eigenvalue weighted by molar-refractivity contribution is 7.89. The summed E-state index contributed by atoms with van der Waals surface area (Å²) in [6, 6.07) is 8.63. The summed E-state index contributed by atoms with van der Waals surface area (Å²) < 4.78 is 38.9. The minimum absolute atomic E-state index is 0.0289. The van der Waals surface area contributed by atoms with Crippen LogP contribution in [0.25, 0.3) is 0 Å². The van der Waals surface area contributed by atoms with Crippen molar-refractivity contribution in [2.24, 2.45) is 0 Å². The van der Waals surface area contributed by atoms with Crippen molar-refractivity contribution in [2.75, 3.05) is 36.6 Å². The minimum atomic E-state index is -3.95. The Morgan fingerprint density at radius 2 is 1.76 bits per heavy atom. The maximum Gasteiger partial charge on any atom is 0.324 e. The summed E-state index contributed by atoms with van der Waals surface area (Å²) in [7, 11) is -3.95. The van der Waals surface area contributed by atoms with Crippen molar-refractivity contribution < 1.29 is 27.5 Å². The van der Waals surface area contributed by atoms with E-state index in [0.29, 0.717) is 30.2 Å². The number of nitrogens with zero attached hydrogens (tertiary/aromatic N) is 2. The van der Waals surface area contributed by atoms with Crippen LogP contribution in [0.5, 0.6) is 11.5 Å². The summed E-state index contributed by atoms with van der Waals surface area (Å²) >= 11 is 0. The van der Waals surface area contributed by atoms with E-state index in [9.17, 15) is 18.0 Å². The van der Waals surface area contributed by atoms with Gasteiger partial charge in [-0.1, -0.05) is 0 Å². The third kappa shape index (κ3) is 4.28. The van der Waals surface area contributed by atoms with E-state index in [1.54, 1.807) is 35.2 Å². The van der Waals surface area contributed by atoms with Crippen molar-refractivity contribution in [1.82, 2.24) is 9.62 Å². The lowest BCUT2D eigenvalue weighted by atomic mass is 10.2. The fourth-order valence-electron chi connectivity index (χ4n) is 4.40. The smallest absolute Gasteiger partial charge is 0.324 e. The first kappa shape index (κ1) is 22.5. The third-order valence-corrected chi connectivity index (χ3v) is 7.77. The highest BCUT2D eigenvalue weighted by Crippen LogP contribution is 2.34. The van der Waals surface area contributed by atoms with Gasteiger partial charge in [0.1, 0.15) is 0 Å². The van der Waals surface area contributed by atoms with Crippen LogP contribution in [0.1, 0.15) is 25.3 Å². The largest absolute Gasteiger partial charge is 0.454 e. The fraction of sp³-hybridized carbons (Fsp3) is 0.391. The molecule has 1 saturated heterocycles. The molecule has 180 valence electrons. The van der Waals surface area contributed by atoms with Gasteiger partial charge in [0.2, 0.25) is 22.7 Å². The lowest BCUT2D eigenvalue weighted by Gasteiger charge is -2.24. The Labute approximate surface area is 197 Å². The number of likely N-dealkylation sites (tertiary alicyclic amines) is 1. The van der Waals surface area contributed by atoms with Crippen LogP contribution in [0.3, 0.4) is 0 Å². The molecule has 3 amide bonds. The maximum atomic E-state index is 13.0. The van der Waals surface area contributed by atoms with Gasteiger partial charge in [-0.05, 0) is 62.1 Å². The number of carbonyl (C=O) groups is 2. The van der Waals surface area contributed by atoms with E-state index in [-0.39, 0.29) is 17.7 Å². The summed E-state index contributed by atoms with van der Waals surface area (Å²) in [5.41, 5.74) is 2.01. The Bertz CT molecular complexity index is 1240. The highest BCUT2D eigenvalue weighted by atomic mass is 32.2. The van der Waals surface area contributed by atoms with Crippen LogP contribution in [0.15, 0.2) is 41.3 Å². The molecular weight excluding hydrogens is 460 g/mol. The molecule has 2 aromatic carbocycles. The highest BCUT2D eigenvalue weighted by Gasteiger charge is 2.31. The lowest BCUT2D eigenvalue weighted by molar-refractivity contribution is -0.117. The van der Waals surface area contributed by atoms with Crippen molar-refractivity contribution in [3.63, 3.8) is 0 Å². The average Bonchev–Trinajstić information content (AvgIpc) is 3.58. The Hall–Kier alpha value is -3.31. The molecule has 34 heavy (non-hydrogen) atoms. The second-order valence-corrected chi connectivity index (χ2v) is 10.3. The first-order valence-electron chi connectivity index (χ1n) is 11.2. The molecule has 0 aliphatic carbocycles. The number of rotatable bonds is 5. The van der Waals surface area contributed by atoms with Gasteiger partial charge < -0.3 is 19.7 Å². The van der Waals surface area contributed by atoms with Crippen LogP contribution in [0.4, 0.5) is 16.2 Å². The van der Waals surface area contributed by atoms with Gasteiger partial charge in [-0.25, -0.2) is 13.2 Å². The quantitative estimate of drug-likeness (QED) is 0.670. The number of ether oxygens (including phenoxy) is 2. The van der Waals surface area contributed by atoms with Crippen molar-refractivity contribution >= 4 is 33.3 Å². The number of urea groups is 1. The molecule has 0 saturated carbocycles. The Kier molecular flexibility index (Phi) is 5.82. The van der Waals surface area contributed by atoms with Crippen LogP contribution in [-0.4, -0.2) is 57.7 Å². The standard InChI is InChI=1S/C23H26N4O6S/c1-15(22(28)24-17-4-7-20-21(13-17)33-14-32-20)25-34(30,31)18-5-6-19-16(12-18)8-11-27(19)23(29)26-9-2-3-10-26/h4-7,12-13,15,25H,2-3,8-11,14H2,1H3,(H,24,28)/t15-/m1/s1. The van der Waals surface area contributed by atoms with Crippen molar-refractivity contribution in [3.05, 3.63) is 42.0 Å². The second-order valence-electron chi connectivity index (χ2n) is 8.57. The van der Waals surface area contributed by atoms with Gasteiger partial charge in [0.25, 0.3) is 0 Å². The minimum Gasteiger partial charge on any atom is -0.454 e. The molecule has 0 unspecified atom stereocenters. The molecule has 0 aromatic heterocycles. The average molecular weight is 487 g/mol. The van der Waals surface area contributed by atoms with E-state index < -0.39 is 22.0 Å². The number of fused-ring (bicyclic) bond motifs is 2. The molecule has 10 nitrogen and oxygen atoms in total. The summed E-state index contributed by atoms with van der Waals surface area (Å²) in [4.78, 5) is 29.0. The zero-order chi connectivity index (χ0) is 23.9. The van der Waals surface area contributed by atoms with Crippen molar-refractivity contribution in [2.45, 2.75) is 37.1 Å². The van der Waals surface area contributed by atoms with E-state index in [4.69, 9.17) is 9.47 Å². The monoisotopic (exact) mass is 486 g/mol. The van der Waals surface area contributed by atoms with Crippen molar-refractivity contribution in [3.8, 4) is 11.5 Å². The predicted molar refractivity (Wildman–Crippen MR) is 125 cm³/mol. The third-order valence-electron chi connectivity index (χ3n) is 6.23. The van der Waals surface area contributed by atoms with E-state index in [0.717, 1.165) is 37.2 Å². The molecule has 5 rings (SSSR count). The first-order chi connectivity index (χ1) is 16.3. The number of benzene rings is 2. The number of sulfonamides is 1. The Morgan fingerprint density at radius 3 is 2.56 bits per heavy atom. The molecule has 2 N–H and O–H groups in total. The fourth-order valence-corrected chi connectivity index (χ4v) is 5.66. The zero-order valence-corrected chi connectivity index (χ0v) is 19.6. The second kappa shape index (κ2) is 8.80. The van der Waals surface area contributed by atoms with Crippen LogP contribution < -0.4 is 24.4 Å². The molecule has 1 atom stereocenters. The number of amides is 3. The Balaban J connectivity index is 1.25. The van der Waals surface area contributed by atoms with Gasteiger partial charge >= 0.3 is 6.03 Å². The molecule has 3 heterocycles. The first-order valence-corrected chi connectivity index (χ1v) is 12.7. The zero-order valence-electron chi connectivity index (χ0n) is 18.7. The summed E-state index contributed by atoms with van der Waals surface area (Å²) in [6.07, 6.45) is 2.60. The number of carbonyl (C=O) groups excluding carboxylic acids is 2. The van der Waals surface area contributed by atoms with E-state index >= 15 is 0 Å². The molecule has 11 heteroatoms. The maximum absolute atomic E-state index is 13.0. The van der Waals surface area contributed by atoms with Crippen LogP contribution >= 0.6 is 0 Å². The normalized spacial score (nSPS) is 17.6.